The number of amides is 1. The highest BCUT2D eigenvalue weighted by Gasteiger charge is 2.26. The first-order valence-corrected chi connectivity index (χ1v) is 10.0. The van der Waals surface area contributed by atoms with Crippen LogP contribution < -0.4 is 20.5 Å². The van der Waals surface area contributed by atoms with Crippen molar-refractivity contribution in [3.8, 4) is 11.5 Å². The van der Waals surface area contributed by atoms with E-state index in [0.29, 0.717) is 42.7 Å². The Kier molecular flexibility index (Phi) is 11.5. The summed E-state index contributed by atoms with van der Waals surface area (Å²) in [5.74, 6) is 1.44. The summed E-state index contributed by atoms with van der Waals surface area (Å²) in [5, 5.41) is 3.16. The molecule has 1 aliphatic carbocycles. The van der Waals surface area contributed by atoms with Crippen LogP contribution in [-0.2, 0) is 6.61 Å². The molecule has 6 nitrogen and oxygen atoms in total. The molecule has 1 saturated carbocycles. The van der Waals surface area contributed by atoms with Gasteiger partial charge in [0.2, 0.25) is 0 Å². The van der Waals surface area contributed by atoms with Gasteiger partial charge in [-0.25, -0.2) is 0 Å². The second-order valence-corrected chi connectivity index (χ2v) is 7.10. The first-order chi connectivity index (χ1) is 13.7. The van der Waals surface area contributed by atoms with Gasteiger partial charge in [0.25, 0.3) is 5.91 Å². The largest absolute Gasteiger partial charge is 0.490 e. The van der Waals surface area contributed by atoms with Crippen LogP contribution in [0.3, 0.4) is 0 Å². The molecule has 30 heavy (non-hydrogen) atoms. The summed E-state index contributed by atoms with van der Waals surface area (Å²) >= 11 is 0. The minimum Gasteiger partial charge on any atom is -0.490 e. The van der Waals surface area contributed by atoms with Crippen LogP contribution in [0.15, 0.2) is 42.7 Å². The average Bonchev–Trinajstić information content (AvgIpc) is 2.74. The fourth-order valence-corrected chi connectivity index (χ4v) is 3.61. The Morgan fingerprint density at radius 1 is 1.17 bits per heavy atom. The number of nitrogens with zero attached hydrogens (tertiary/aromatic N) is 1. The molecular formula is C22H31Cl2N3O3. The lowest BCUT2D eigenvalue weighted by molar-refractivity contribution is 0.0907. The SMILES string of the molecule is CCOc1cc(C(=O)NC2CCCCC2CN)ccc1OCc1cccnc1.Cl.Cl. The third kappa shape index (κ3) is 7.04. The lowest BCUT2D eigenvalue weighted by Gasteiger charge is -2.31. The minimum absolute atomic E-state index is 0. The molecule has 1 heterocycles. The molecule has 2 aromatic rings. The number of benzene rings is 1. The third-order valence-electron chi connectivity index (χ3n) is 5.15. The highest BCUT2D eigenvalue weighted by Crippen LogP contribution is 2.30. The van der Waals surface area contributed by atoms with Gasteiger partial charge in [-0.2, -0.15) is 0 Å². The lowest BCUT2D eigenvalue weighted by atomic mass is 9.84. The average molecular weight is 456 g/mol. The molecule has 2 atom stereocenters. The maximum absolute atomic E-state index is 12.8. The zero-order valence-corrected chi connectivity index (χ0v) is 18.8. The number of rotatable bonds is 8. The van der Waals surface area contributed by atoms with Gasteiger partial charge in [0.1, 0.15) is 6.61 Å². The van der Waals surface area contributed by atoms with Gasteiger partial charge in [-0.3, -0.25) is 9.78 Å². The molecule has 0 aliphatic heterocycles. The van der Waals surface area contributed by atoms with Gasteiger partial charge in [0, 0.05) is 29.6 Å². The standard InChI is InChI=1S/C22H29N3O3.2ClH/c1-2-27-21-12-17(22(26)25-19-8-4-3-7-18(19)13-23)9-10-20(21)28-15-16-6-5-11-24-14-16;;/h5-6,9-12,14,18-19H,2-4,7-8,13,15,23H2,1H3,(H,25,26);2*1H. The summed E-state index contributed by atoms with van der Waals surface area (Å²) in [6, 6.07) is 9.28. The van der Waals surface area contributed by atoms with Crippen molar-refractivity contribution >= 4 is 30.7 Å². The Labute approximate surface area is 190 Å². The molecule has 0 spiro atoms. The minimum atomic E-state index is -0.0925. The van der Waals surface area contributed by atoms with Crippen LogP contribution >= 0.6 is 24.8 Å². The van der Waals surface area contributed by atoms with Gasteiger partial charge in [0.15, 0.2) is 11.5 Å². The molecule has 1 aromatic heterocycles. The van der Waals surface area contributed by atoms with E-state index in [1.54, 1.807) is 30.6 Å². The van der Waals surface area contributed by atoms with Crippen molar-refractivity contribution in [3.05, 3.63) is 53.9 Å². The van der Waals surface area contributed by atoms with Crippen LogP contribution in [0.1, 0.15) is 48.5 Å². The molecule has 0 radical (unpaired) electrons. The predicted octanol–water partition coefficient (Wildman–Crippen LogP) is 4.15. The molecule has 0 bridgehead atoms. The van der Waals surface area contributed by atoms with Crippen LogP contribution in [0.25, 0.3) is 0 Å². The number of ether oxygens (including phenoxy) is 2. The van der Waals surface area contributed by atoms with Gasteiger partial charge in [-0.1, -0.05) is 18.9 Å². The van der Waals surface area contributed by atoms with E-state index in [-0.39, 0.29) is 36.8 Å². The van der Waals surface area contributed by atoms with Crippen LogP contribution in [0.5, 0.6) is 11.5 Å². The number of pyridine rings is 1. The number of aromatic nitrogens is 1. The molecule has 3 N–H and O–H groups in total. The third-order valence-corrected chi connectivity index (χ3v) is 5.15. The summed E-state index contributed by atoms with van der Waals surface area (Å²) in [6.07, 6.45) is 7.87. The number of carbonyl (C=O) groups is 1. The van der Waals surface area contributed by atoms with Crippen molar-refractivity contribution in [2.75, 3.05) is 13.2 Å². The Hall–Kier alpha value is -2.02. The first kappa shape index (κ1) is 26.0. The van der Waals surface area contributed by atoms with E-state index in [1.807, 2.05) is 19.1 Å². The zero-order chi connectivity index (χ0) is 19.8. The second-order valence-electron chi connectivity index (χ2n) is 7.10. The van der Waals surface area contributed by atoms with Crippen molar-refractivity contribution in [1.82, 2.24) is 10.3 Å². The van der Waals surface area contributed by atoms with E-state index < -0.39 is 0 Å². The van der Waals surface area contributed by atoms with Crippen molar-refractivity contribution in [2.24, 2.45) is 11.7 Å². The Morgan fingerprint density at radius 2 is 1.97 bits per heavy atom. The van der Waals surface area contributed by atoms with Crippen LogP contribution in [-0.4, -0.2) is 30.1 Å². The lowest BCUT2D eigenvalue weighted by Crippen LogP contribution is -2.44. The van der Waals surface area contributed by atoms with Gasteiger partial charge in [-0.05, 0) is 56.5 Å². The van der Waals surface area contributed by atoms with E-state index in [0.717, 1.165) is 24.8 Å². The molecule has 166 valence electrons. The number of nitrogens with one attached hydrogen (secondary N) is 1. The zero-order valence-electron chi connectivity index (χ0n) is 17.2. The van der Waals surface area contributed by atoms with Crippen molar-refractivity contribution < 1.29 is 14.3 Å². The summed E-state index contributed by atoms with van der Waals surface area (Å²) in [4.78, 5) is 16.9. The number of carbonyl (C=O) groups excluding carboxylic acids is 1. The van der Waals surface area contributed by atoms with Crippen molar-refractivity contribution in [2.45, 2.75) is 45.3 Å². The molecule has 8 heteroatoms. The van der Waals surface area contributed by atoms with Gasteiger partial charge >= 0.3 is 0 Å². The van der Waals surface area contributed by atoms with Crippen LogP contribution in [0, 0.1) is 5.92 Å². The normalized spacial score (nSPS) is 17.8. The quantitative estimate of drug-likeness (QED) is 0.623. The summed E-state index contributed by atoms with van der Waals surface area (Å²) in [7, 11) is 0. The number of halogens is 2. The predicted molar refractivity (Wildman–Crippen MR) is 123 cm³/mol. The smallest absolute Gasteiger partial charge is 0.251 e. The monoisotopic (exact) mass is 455 g/mol. The molecule has 3 rings (SSSR count). The highest BCUT2D eigenvalue weighted by molar-refractivity contribution is 5.95. The molecule has 0 saturated heterocycles. The summed E-state index contributed by atoms with van der Waals surface area (Å²) in [5.41, 5.74) is 7.42. The van der Waals surface area contributed by atoms with E-state index in [4.69, 9.17) is 15.2 Å². The summed E-state index contributed by atoms with van der Waals surface area (Å²) < 4.78 is 11.6. The van der Waals surface area contributed by atoms with Gasteiger partial charge in [0.05, 0.1) is 6.61 Å². The number of hydrogen-bond donors (Lipinski definition) is 2. The molecule has 1 aromatic carbocycles. The summed E-state index contributed by atoms with van der Waals surface area (Å²) in [6.45, 7) is 3.40. The van der Waals surface area contributed by atoms with Crippen molar-refractivity contribution in [1.29, 1.82) is 0 Å². The van der Waals surface area contributed by atoms with Gasteiger partial charge in [-0.15, -0.1) is 24.8 Å². The molecule has 2 unspecified atom stereocenters. The Morgan fingerprint density at radius 3 is 2.67 bits per heavy atom. The number of hydrogen-bond acceptors (Lipinski definition) is 5. The topological polar surface area (TPSA) is 86.5 Å². The first-order valence-electron chi connectivity index (χ1n) is 10.0. The Balaban J connectivity index is 0.00000225. The van der Waals surface area contributed by atoms with E-state index in [1.165, 1.54) is 6.42 Å². The molecule has 1 amide bonds. The fraction of sp³-hybridized carbons (Fsp3) is 0.455. The van der Waals surface area contributed by atoms with Gasteiger partial charge < -0.3 is 20.5 Å². The van der Waals surface area contributed by atoms with Crippen molar-refractivity contribution in [3.63, 3.8) is 0 Å². The van der Waals surface area contributed by atoms with E-state index in [9.17, 15) is 4.79 Å². The second kappa shape index (κ2) is 13.3. The van der Waals surface area contributed by atoms with Crippen LogP contribution in [0.4, 0.5) is 0 Å². The molecule has 1 aliphatic rings. The maximum atomic E-state index is 12.8. The van der Waals surface area contributed by atoms with E-state index >= 15 is 0 Å². The maximum Gasteiger partial charge on any atom is 0.251 e. The fourth-order valence-electron chi connectivity index (χ4n) is 3.61. The van der Waals surface area contributed by atoms with Crippen LogP contribution in [0.2, 0.25) is 0 Å². The Bertz CT molecular complexity index is 777. The molecule has 1 fully saturated rings. The highest BCUT2D eigenvalue weighted by atomic mass is 35.5. The van der Waals surface area contributed by atoms with E-state index in [2.05, 4.69) is 10.3 Å². The molecular weight excluding hydrogens is 425 g/mol. The number of nitrogens with two attached hydrogens (primary N) is 1.